The molecule has 4 amide bonds. The number of amides is 4. The lowest BCUT2D eigenvalue weighted by atomic mass is 9.99. The van der Waals surface area contributed by atoms with Crippen LogP contribution >= 0.6 is 31.9 Å². The highest BCUT2D eigenvalue weighted by atomic mass is 79.9. The molecule has 0 aliphatic carbocycles. The van der Waals surface area contributed by atoms with Gasteiger partial charge in [-0.25, -0.2) is 4.79 Å². The quantitative estimate of drug-likeness (QED) is 0.237. The van der Waals surface area contributed by atoms with Crippen molar-refractivity contribution in [2.24, 2.45) is 0 Å². The number of nitrogens with one attached hydrogen (secondary N) is 2. The van der Waals surface area contributed by atoms with Crippen molar-refractivity contribution in [1.82, 2.24) is 15.1 Å². The van der Waals surface area contributed by atoms with Crippen LogP contribution in [0.2, 0.25) is 0 Å². The number of hydrogen-bond acceptors (Lipinski definition) is 5. The number of benzene rings is 2. The van der Waals surface area contributed by atoms with E-state index in [4.69, 9.17) is 5.73 Å². The van der Waals surface area contributed by atoms with Gasteiger partial charge in [0, 0.05) is 52.3 Å². The number of urea groups is 1. The first kappa shape index (κ1) is 27.8. The van der Waals surface area contributed by atoms with Crippen LogP contribution < -0.4 is 16.4 Å². The fourth-order valence-corrected chi connectivity index (χ4v) is 6.02. The first-order valence-corrected chi connectivity index (χ1v) is 13.9. The predicted octanol–water partition coefficient (Wildman–Crippen LogP) is 4.12. The van der Waals surface area contributed by atoms with E-state index in [0.717, 1.165) is 23.7 Å². The number of para-hydroxylation sites is 1. The van der Waals surface area contributed by atoms with Gasteiger partial charge in [-0.05, 0) is 81.0 Å². The molecule has 9 nitrogen and oxygen atoms in total. The minimum atomic E-state index is -1.05. The van der Waals surface area contributed by atoms with E-state index in [2.05, 4.69) is 49.1 Å². The molecule has 1 atom stereocenters. The van der Waals surface area contributed by atoms with E-state index in [-0.39, 0.29) is 30.2 Å². The highest BCUT2D eigenvalue weighted by Gasteiger charge is 2.34. The van der Waals surface area contributed by atoms with E-state index in [0.29, 0.717) is 52.7 Å². The summed E-state index contributed by atoms with van der Waals surface area (Å²) in [6, 6.07) is 9.77. The van der Waals surface area contributed by atoms with Crippen molar-refractivity contribution >= 4 is 66.9 Å². The molecule has 0 bridgehead atoms. The van der Waals surface area contributed by atoms with Gasteiger partial charge in [-0.3, -0.25) is 14.4 Å². The molecule has 38 heavy (non-hydrogen) atoms. The van der Waals surface area contributed by atoms with Gasteiger partial charge >= 0.3 is 6.03 Å². The molecule has 0 aromatic heterocycles. The number of anilines is 2. The Kier molecular flexibility index (Phi) is 8.88. The normalized spacial score (nSPS) is 16.6. The zero-order chi connectivity index (χ0) is 27.4. The van der Waals surface area contributed by atoms with E-state index in [9.17, 15) is 19.2 Å². The molecule has 200 valence electrons. The number of fused-ring (bicyclic) bond motifs is 1. The number of nitrogen functional groups attached to an aromatic ring is 1. The maximum Gasteiger partial charge on any atom is 0.322 e. The third-order valence-electron chi connectivity index (χ3n) is 6.95. The molecular formula is C27H29Br2N5O4. The summed E-state index contributed by atoms with van der Waals surface area (Å²) < 4.78 is 1.10. The van der Waals surface area contributed by atoms with E-state index >= 15 is 0 Å². The zero-order valence-electron chi connectivity index (χ0n) is 20.7. The fourth-order valence-electron chi connectivity index (χ4n) is 4.84. The average Bonchev–Trinajstić information content (AvgIpc) is 3.08. The van der Waals surface area contributed by atoms with Crippen LogP contribution in [0.3, 0.4) is 0 Å². The van der Waals surface area contributed by atoms with Gasteiger partial charge in [0.2, 0.25) is 11.8 Å². The monoisotopic (exact) mass is 645 g/mol. The van der Waals surface area contributed by atoms with Gasteiger partial charge in [0.15, 0.2) is 5.78 Å². The zero-order valence-corrected chi connectivity index (χ0v) is 23.9. The van der Waals surface area contributed by atoms with Crippen LogP contribution in [0.4, 0.5) is 16.2 Å². The van der Waals surface area contributed by atoms with Gasteiger partial charge in [-0.2, -0.15) is 0 Å². The van der Waals surface area contributed by atoms with Gasteiger partial charge in [0.25, 0.3) is 0 Å². The van der Waals surface area contributed by atoms with Gasteiger partial charge < -0.3 is 26.2 Å². The van der Waals surface area contributed by atoms with E-state index in [1.54, 1.807) is 17.0 Å². The lowest BCUT2D eigenvalue weighted by Crippen LogP contribution is -2.54. The van der Waals surface area contributed by atoms with E-state index in [1.165, 1.54) is 0 Å². The molecule has 1 fully saturated rings. The van der Waals surface area contributed by atoms with Crippen LogP contribution in [-0.4, -0.2) is 65.1 Å². The van der Waals surface area contributed by atoms with Gasteiger partial charge in [0.1, 0.15) is 6.04 Å². The summed E-state index contributed by atoms with van der Waals surface area (Å²) in [5, 5.41) is 5.61. The lowest BCUT2D eigenvalue weighted by molar-refractivity contribution is -0.136. The van der Waals surface area contributed by atoms with Crippen molar-refractivity contribution in [2.75, 3.05) is 30.7 Å². The summed E-state index contributed by atoms with van der Waals surface area (Å²) in [5.41, 5.74) is 8.67. The average molecular weight is 647 g/mol. The van der Waals surface area contributed by atoms with Gasteiger partial charge in [0.05, 0.1) is 5.69 Å². The van der Waals surface area contributed by atoms with Crippen molar-refractivity contribution in [1.29, 1.82) is 0 Å². The SMILES string of the molecule is C=CC(=O)NC(CC(=O)c1cc(Br)c(N)c(Br)c1)C(=O)N1CCC(N2CCc3ccccc3NC2=O)CC1. The number of nitrogens with zero attached hydrogens (tertiary/aromatic N) is 2. The summed E-state index contributed by atoms with van der Waals surface area (Å²) in [6.07, 6.45) is 2.81. The van der Waals surface area contributed by atoms with Crippen LogP contribution in [0.5, 0.6) is 0 Å². The van der Waals surface area contributed by atoms with Crippen LogP contribution in [0.25, 0.3) is 0 Å². The Morgan fingerprint density at radius 2 is 1.79 bits per heavy atom. The standard InChI is InChI=1S/C27H29Br2N5O4/c1-2-24(36)31-22(15-23(35)17-13-19(28)25(30)20(29)14-17)26(37)33-10-8-18(9-11-33)34-12-7-16-5-3-4-6-21(16)32-27(34)38/h2-6,13-14,18,22H,1,7-12,15,30H2,(H,31,36)(H,32,38). The maximum atomic E-state index is 13.4. The van der Waals surface area contributed by atoms with Crippen LogP contribution in [0, 0.1) is 0 Å². The number of rotatable bonds is 7. The second-order valence-corrected chi connectivity index (χ2v) is 11.0. The molecule has 2 aliphatic heterocycles. The molecule has 1 unspecified atom stereocenters. The number of Topliss-reactive ketones (excluding diaryl/α,β-unsaturated/α-hetero) is 1. The Balaban J connectivity index is 1.41. The van der Waals surface area contributed by atoms with Crippen LogP contribution in [0.15, 0.2) is 58.0 Å². The summed E-state index contributed by atoms with van der Waals surface area (Å²) in [4.78, 5) is 55.0. The smallest absolute Gasteiger partial charge is 0.322 e. The summed E-state index contributed by atoms with van der Waals surface area (Å²) in [5.74, 6) is -1.19. The van der Waals surface area contributed by atoms with Gasteiger partial charge in [-0.15, -0.1) is 0 Å². The highest BCUT2D eigenvalue weighted by molar-refractivity contribution is 9.11. The number of halogens is 2. The molecule has 2 aromatic carbocycles. The minimum absolute atomic E-state index is 0.0133. The molecule has 0 radical (unpaired) electrons. The molecule has 2 heterocycles. The number of hydrogen-bond donors (Lipinski definition) is 3. The second-order valence-electron chi connectivity index (χ2n) is 9.33. The maximum absolute atomic E-state index is 13.4. The van der Waals surface area contributed by atoms with Crippen molar-refractivity contribution in [3.63, 3.8) is 0 Å². The number of nitrogens with two attached hydrogens (primary N) is 1. The van der Waals surface area contributed by atoms with E-state index < -0.39 is 11.9 Å². The molecule has 2 aromatic rings. The van der Waals surface area contributed by atoms with Gasteiger partial charge in [-0.1, -0.05) is 24.8 Å². The first-order valence-electron chi connectivity index (χ1n) is 12.3. The Bertz CT molecular complexity index is 1250. The molecule has 4 rings (SSSR count). The molecule has 0 saturated carbocycles. The number of carbonyl (C=O) groups excluding carboxylic acids is 4. The third kappa shape index (κ3) is 6.27. The van der Waals surface area contributed by atoms with Crippen molar-refractivity contribution in [3.8, 4) is 0 Å². The summed E-state index contributed by atoms with van der Waals surface area (Å²) in [7, 11) is 0. The molecule has 11 heteroatoms. The number of carbonyl (C=O) groups is 4. The first-order chi connectivity index (χ1) is 18.2. The number of likely N-dealkylation sites (tertiary alicyclic amines) is 1. The molecule has 4 N–H and O–H groups in total. The predicted molar refractivity (Wildman–Crippen MR) is 153 cm³/mol. The number of piperidine rings is 1. The van der Waals surface area contributed by atoms with Crippen LogP contribution in [0.1, 0.15) is 35.2 Å². The Morgan fingerprint density at radius 3 is 2.45 bits per heavy atom. The Labute approximate surface area is 238 Å². The lowest BCUT2D eigenvalue weighted by Gasteiger charge is -2.39. The second kappa shape index (κ2) is 12.1. The van der Waals surface area contributed by atoms with Crippen molar-refractivity contribution in [2.45, 2.75) is 37.8 Å². The molecule has 0 spiro atoms. The largest absolute Gasteiger partial charge is 0.397 e. The third-order valence-corrected chi connectivity index (χ3v) is 8.26. The Hall–Kier alpha value is -3.18. The number of ketones is 1. The minimum Gasteiger partial charge on any atom is -0.397 e. The molecular weight excluding hydrogens is 618 g/mol. The summed E-state index contributed by atoms with van der Waals surface area (Å²) >= 11 is 6.67. The highest BCUT2D eigenvalue weighted by Crippen LogP contribution is 2.30. The van der Waals surface area contributed by atoms with E-state index in [1.807, 2.05) is 29.2 Å². The van der Waals surface area contributed by atoms with Crippen LogP contribution in [-0.2, 0) is 16.0 Å². The molecule has 1 saturated heterocycles. The van der Waals surface area contributed by atoms with Crippen molar-refractivity contribution < 1.29 is 19.2 Å². The Morgan fingerprint density at radius 1 is 1.13 bits per heavy atom. The molecule has 2 aliphatic rings. The van der Waals surface area contributed by atoms with Crippen molar-refractivity contribution in [3.05, 3.63) is 69.1 Å². The fraction of sp³-hybridized carbons (Fsp3) is 0.333. The topological polar surface area (TPSA) is 125 Å². The summed E-state index contributed by atoms with van der Waals surface area (Å²) in [6.45, 7) is 4.87.